The Bertz CT molecular complexity index is 554. The number of amides is 2. The average molecular weight is 290 g/mol. The van der Waals surface area contributed by atoms with Gasteiger partial charge in [-0.05, 0) is 23.5 Å². The summed E-state index contributed by atoms with van der Waals surface area (Å²) in [5.41, 5.74) is 1.58. The molecule has 1 aromatic rings. The van der Waals surface area contributed by atoms with E-state index in [1.54, 1.807) is 6.07 Å². The summed E-state index contributed by atoms with van der Waals surface area (Å²) in [5.74, 6) is -0.976. The van der Waals surface area contributed by atoms with Gasteiger partial charge >= 0.3 is 12.0 Å². The lowest BCUT2D eigenvalue weighted by Crippen LogP contribution is -2.49. The fourth-order valence-electron chi connectivity index (χ4n) is 2.36. The quantitative estimate of drug-likeness (QED) is 0.895. The van der Waals surface area contributed by atoms with Crippen LogP contribution in [0.25, 0.3) is 0 Å². The highest BCUT2D eigenvalue weighted by Gasteiger charge is 2.38. The third kappa shape index (κ3) is 3.17. The van der Waals surface area contributed by atoms with Crippen LogP contribution in [0.1, 0.15) is 32.8 Å². The first-order valence-corrected chi connectivity index (χ1v) is 7.23. The summed E-state index contributed by atoms with van der Waals surface area (Å²) in [6.45, 7) is 6.73. The molecule has 1 unspecified atom stereocenters. The van der Waals surface area contributed by atoms with E-state index in [9.17, 15) is 14.7 Å². The number of hydrogen-bond acceptors (Lipinski definition) is 2. The Labute approximate surface area is 125 Å². The predicted molar refractivity (Wildman–Crippen MR) is 81.5 cm³/mol. The van der Waals surface area contributed by atoms with Crippen LogP contribution in [0.4, 0.5) is 10.5 Å². The van der Waals surface area contributed by atoms with E-state index in [0.29, 0.717) is 18.7 Å². The number of nitrogens with one attached hydrogen (secondary N) is 1. The normalized spacial score (nSPS) is 17.5. The van der Waals surface area contributed by atoms with Gasteiger partial charge in [0, 0.05) is 18.7 Å². The van der Waals surface area contributed by atoms with Crippen LogP contribution < -0.4 is 10.2 Å². The number of urea groups is 1. The Balaban J connectivity index is 2.19. The second-order valence-corrected chi connectivity index (χ2v) is 6.23. The van der Waals surface area contributed by atoms with Gasteiger partial charge in [-0.25, -0.2) is 9.59 Å². The largest absolute Gasteiger partial charge is 0.480 e. The van der Waals surface area contributed by atoms with Crippen LogP contribution in [0.15, 0.2) is 24.3 Å². The molecule has 1 aliphatic heterocycles. The highest BCUT2D eigenvalue weighted by molar-refractivity contribution is 6.01. The summed E-state index contributed by atoms with van der Waals surface area (Å²) >= 11 is 0. The number of carbonyl (C=O) groups excluding carboxylic acids is 1. The molecule has 2 rings (SSSR count). The SMILES string of the molecule is CCC(C)(C)CNC(=O)N1c2ccccc2CC1C(=O)O. The summed E-state index contributed by atoms with van der Waals surface area (Å²) < 4.78 is 0. The molecule has 1 heterocycles. The van der Waals surface area contributed by atoms with Crippen molar-refractivity contribution in [2.45, 2.75) is 39.7 Å². The standard InChI is InChI=1S/C16H22N2O3/c1-4-16(2,3)10-17-15(21)18-12-8-6-5-7-11(12)9-13(18)14(19)20/h5-8,13H,4,9-10H2,1-3H3,(H,17,21)(H,19,20). The number of benzene rings is 1. The molecule has 1 aliphatic rings. The van der Waals surface area contributed by atoms with Gasteiger partial charge in [-0.2, -0.15) is 0 Å². The van der Waals surface area contributed by atoms with Crippen molar-refractivity contribution >= 4 is 17.7 Å². The van der Waals surface area contributed by atoms with Crippen molar-refractivity contribution in [3.63, 3.8) is 0 Å². The molecule has 0 aliphatic carbocycles. The summed E-state index contributed by atoms with van der Waals surface area (Å²) in [4.78, 5) is 25.2. The zero-order valence-electron chi connectivity index (χ0n) is 12.7. The molecule has 1 atom stereocenters. The van der Waals surface area contributed by atoms with E-state index in [0.717, 1.165) is 12.0 Å². The number of hydrogen-bond donors (Lipinski definition) is 2. The monoisotopic (exact) mass is 290 g/mol. The van der Waals surface area contributed by atoms with Crippen LogP contribution in [0.5, 0.6) is 0 Å². The van der Waals surface area contributed by atoms with Crippen molar-refractivity contribution in [3.8, 4) is 0 Å². The number of carbonyl (C=O) groups is 2. The summed E-state index contributed by atoms with van der Waals surface area (Å²) in [5, 5.41) is 12.2. The highest BCUT2D eigenvalue weighted by atomic mass is 16.4. The molecule has 2 N–H and O–H groups in total. The zero-order chi connectivity index (χ0) is 15.6. The molecule has 0 saturated heterocycles. The molecular weight excluding hydrogens is 268 g/mol. The lowest BCUT2D eigenvalue weighted by Gasteiger charge is -2.27. The second-order valence-electron chi connectivity index (χ2n) is 6.23. The van der Waals surface area contributed by atoms with E-state index in [1.165, 1.54) is 4.90 Å². The van der Waals surface area contributed by atoms with Crippen molar-refractivity contribution < 1.29 is 14.7 Å². The van der Waals surface area contributed by atoms with E-state index < -0.39 is 12.0 Å². The predicted octanol–water partition coefficient (Wildman–Crippen LogP) is 2.65. The third-order valence-electron chi connectivity index (χ3n) is 4.16. The number of carboxylic acids is 1. The molecule has 0 saturated carbocycles. The Morgan fingerprint density at radius 2 is 2.05 bits per heavy atom. The fraction of sp³-hybridized carbons (Fsp3) is 0.500. The first-order valence-electron chi connectivity index (χ1n) is 7.23. The highest BCUT2D eigenvalue weighted by Crippen LogP contribution is 2.32. The van der Waals surface area contributed by atoms with Gasteiger partial charge in [-0.3, -0.25) is 4.90 Å². The van der Waals surface area contributed by atoms with Gasteiger partial charge in [0.25, 0.3) is 0 Å². The average Bonchev–Trinajstić information content (AvgIpc) is 2.84. The fourth-order valence-corrected chi connectivity index (χ4v) is 2.36. The second kappa shape index (κ2) is 5.76. The number of para-hydroxylation sites is 1. The van der Waals surface area contributed by atoms with E-state index in [-0.39, 0.29) is 11.4 Å². The van der Waals surface area contributed by atoms with Crippen LogP contribution in [0.2, 0.25) is 0 Å². The molecule has 114 valence electrons. The van der Waals surface area contributed by atoms with Gasteiger partial charge in [0.1, 0.15) is 6.04 Å². The van der Waals surface area contributed by atoms with Gasteiger partial charge in [0.05, 0.1) is 0 Å². The smallest absolute Gasteiger partial charge is 0.327 e. The molecule has 5 heteroatoms. The maximum absolute atomic E-state index is 12.4. The molecule has 1 aromatic carbocycles. The Hall–Kier alpha value is -2.04. The number of fused-ring (bicyclic) bond motifs is 1. The molecular formula is C16H22N2O3. The minimum Gasteiger partial charge on any atom is -0.480 e. The lowest BCUT2D eigenvalue weighted by atomic mass is 9.90. The number of nitrogens with zero attached hydrogens (tertiary/aromatic N) is 1. The van der Waals surface area contributed by atoms with Gasteiger partial charge in [0.15, 0.2) is 0 Å². The van der Waals surface area contributed by atoms with Crippen molar-refractivity contribution in [1.82, 2.24) is 5.32 Å². The van der Waals surface area contributed by atoms with Gasteiger partial charge in [-0.15, -0.1) is 0 Å². The number of rotatable bonds is 4. The maximum Gasteiger partial charge on any atom is 0.327 e. The van der Waals surface area contributed by atoms with E-state index >= 15 is 0 Å². The molecule has 2 amide bonds. The summed E-state index contributed by atoms with van der Waals surface area (Å²) in [6, 6.07) is 6.18. The molecule has 0 spiro atoms. The molecule has 5 nitrogen and oxygen atoms in total. The minimum absolute atomic E-state index is 0.00633. The molecule has 0 aromatic heterocycles. The van der Waals surface area contributed by atoms with Crippen molar-refractivity contribution in [1.29, 1.82) is 0 Å². The maximum atomic E-state index is 12.4. The van der Waals surface area contributed by atoms with E-state index in [2.05, 4.69) is 26.1 Å². The number of carboxylic acid groups (broad SMARTS) is 1. The topological polar surface area (TPSA) is 69.6 Å². The molecule has 0 fully saturated rings. The molecule has 0 bridgehead atoms. The van der Waals surface area contributed by atoms with Crippen molar-refractivity contribution in [3.05, 3.63) is 29.8 Å². The molecule has 21 heavy (non-hydrogen) atoms. The van der Waals surface area contributed by atoms with Gasteiger partial charge in [-0.1, -0.05) is 39.0 Å². The first-order chi connectivity index (χ1) is 9.85. The third-order valence-corrected chi connectivity index (χ3v) is 4.16. The lowest BCUT2D eigenvalue weighted by molar-refractivity contribution is -0.138. The van der Waals surface area contributed by atoms with Crippen LogP contribution in [-0.2, 0) is 11.2 Å². The number of aliphatic carboxylic acids is 1. The Morgan fingerprint density at radius 1 is 1.38 bits per heavy atom. The molecule has 0 radical (unpaired) electrons. The van der Waals surface area contributed by atoms with Crippen LogP contribution in [0.3, 0.4) is 0 Å². The summed E-state index contributed by atoms with van der Waals surface area (Å²) in [6.07, 6.45) is 1.29. The first kappa shape index (κ1) is 15.4. The van der Waals surface area contributed by atoms with Crippen LogP contribution in [0, 0.1) is 5.41 Å². The van der Waals surface area contributed by atoms with Crippen molar-refractivity contribution in [2.75, 3.05) is 11.4 Å². The van der Waals surface area contributed by atoms with Gasteiger partial charge in [0.2, 0.25) is 0 Å². The van der Waals surface area contributed by atoms with Crippen LogP contribution in [-0.4, -0.2) is 29.7 Å². The van der Waals surface area contributed by atoms with Crippen molar-refractivity contribution in [2.24, 2.45) is 5.41 Å². The van der Waals surface area contributed by atoms with Gasteiger partial charge < -0.3 is 10.4 Å². The minimum atomic E-state index is -0.976. The Morgan fingerprint density at radius 3 is 2.67 bits per heavy atom. The zero-order valence-corrected chi connectivity index (χ0v) is 12.7. The number of anilines is 1. The van der Waals surface area contributed by atoms with E-state index in [1.807, 2.05) is 18.2 Å². The summed E-state index contributed by atoms with van der Waals surface area (Å²) in [7, 11) is 0. The van der Waals surface area contributed by atoms with E-state index in [4.69, 9.17) is 0 Å². The Kier molecular flexibility index (Phi) is 4.21. The van der Waals surface area contributed by atoms with Crippen LogP contribution >= 0.6 is 0 Å².